The number of hydrogen-bond donors (Lipinski definition) is 1. The van der Waals surface area contributed by atoms with Crippen LogP contribution in [0.15, 0.2) is 54.7 Å². The minimum Gasteiger partial charge on any atom is -0.352 e. The Morgan fingerprint density at radius 1 is 0.947 bits per heavy atom. The van der Waals surface area contributed by atoms with Crippen LogP contribution in [0.4, 0.5) is 0 Å². The predicted molar refractivity (Wildman–Crippen MR) is 77.9 cm³/mol. The molecule has 0 bridgehead atoms. The monoisotopic (exact) mass is 267 g/mol. The number of rotatable bonds is 1. The lowest BCUT2D eigenvalue weighted by atomic mass is 10.2. The summed E-state index contributed by atoms with van der Waals surface area (Å²) in [5.74, 6) is 0. The molecule has 0 amide bonds. The Hall–Kier alpha value is -2.26. The van der Waals surface area contributed by atoms with Crippen molar-refractivity contribution in [2.75, 3.05) is 0 Å². The second-order valence-corrected chi connectivity index (χ2v) is 4.90. The van der Waals surface area contributed by atoms with Crippen LogP contribution in [-0.2, 0) is 0 Å². The van der Waals surface area contributed by atoms with Gasteiger partial charge in [-0.05, 0) is 30.3 Å². The first-order chi connectivity index (χ1) is 9.33. The van der Waals surface area contributed by atoms with E-state index >= 15 is 0 Å². The van der Waals surface area contributed by atoms with Crippen molar-refractivity contribution in [3.8, 4) is 5.69 Å². The molecule has 1 N–H and O–H groups in total. The Kier molecular flexibility index (Phi) is 2.17. The van der Waals surface area contributed by atoms with Crippen molar-refractivity contribution in [1.82, 2.24) is 14.8 Å². The summed E-state index contributed by atoms with van der Waals surface area (Å²) in [7, 11) is 0. The van der Waals surface area contributed by atoms with Crippen LogP contribution >= 0.6 is 11.6 Å². The van der Waals surface area contributed by atoms with Crippen LogP contribution in [0, 0.1) is 0 Å². The normalized spacial score (nSPS) is 11.4. The summed E-state index contributed by atoms with van der Waals surface area (Å²) < 4.78 is 1.94. The number of nitrogens with one attached hydrogen (secondary N) is 1. The van der Waals surface area contributed by atoms with Gasteiger partial charge in [-0.15, -0.1) is 0 Å². The molecule has 2 aromatic carbocycles. The summed E-state index contributed by atoms with van der Waals surface area (Å²) in [5.41, 5.74) is 4.26. The highest BCUT2D eigenvalue weighted by molar-refractivity contribution is 6.30. The molecule has 0 unspecified atom stereocenters. The molecule has 0 fully saturated rings. The zero-order valence-corrected chi connectivity index (χ0v) is 10.7. The molecular formula is C15H10ClN3. The number of para-hydroxylation sites is 1. The van der Waals surface area contributed by atoms with Gasteiger partial charge in [0.1, 0.15) is 0 Å². The molecule has 0 aliphatic rings. The number of nitrogens with zero attached hydrogens (tertiary/aromatic N) is 2. The van der Waals surface area contributed by atoms with Gasteiger partial charge in [-0.25, -0.2) is 4.68 Å². The third-order valence-corrected chi connectivity index (χ3v) is 3.54. The van der Waals surface area contributed by atoms with E-state index in [0.717, 1.165) is 27.3 Å². The van der Waals surface area contributed by atoms with Gasteiger partial charge in [0.15, 0.2) is 0 Å². The lowest BCUT2D eigenvalue weighted by Crippen LogP contribution is -1.95. The maximum atomic E-state index is 5.93. The van der Waals surface area contributed by atoms with Gasteiger partial charge < -0.3 is 4.98 Å². The molecule has 0 atom stereocenters. The maximum absolute atomic E-state index is 5.93. The van der Waals surface area contributed by atoms with Gasteiger partial charge >= 0.3 is 0 Å². The van der Waals surface area contributed by atoms with E-state index in [0.29, 0.717) is 0 Å². The Labute approximate surface area is 114 Å². The smallest absolute Gasteiger partial charge is 0.0997 e. The Bertz CT molecular complexity index is 871. The van der Waals surface area contributed by atoms with E-state index in [2.05, 4.69) is 22.2 Å². The first-order valence-corrected chi connectivity index (χ1v) is 6.41. The minimum absolute atomic E-state index is 0.728. The van der Waals surface area contributed by atoms with E-state index in [-0.39, 0.29) is 0 Å². The summed E-state index contributed by atoms with van der Waals surface area (Å²) in [6, 6.07) is 15.9. The third-order valence-electron chi connectivity index (χ3n) is 3.29. The van der Waals surface area contributed by atoms with Crippen LogP contribution < -0.4 is 0 Å². The van der Waals surface area contributed by atoms with E-state index in [1.807, 2.05) is 47.3 Å². The fourth-order valence-electron chi connectivity index (χ4n) is 2.42. The molecule has 3 nitrogen and oxygen atoms in total. The quantitative estimate of drug-likeness (QED) is 0.552. The molecular weight excluding hydrogens is 258 g/mol. The molecule has 4 rings (SSSR count). The molecule has 4 aromatic rings. The zero-order chi connectivity index (χ0) is 12.8. The summed E-state index contributed by atoms with van der Waals surface area (Å²) in [6.07, 6.45) is 1.85. The summed E-state index contributed by atoms with van der Waals surface area (Å²) in [4.78, 5) is 3.37. The molecule has 2 heterocycles. The molecule has 0 saturated carbocycles. The molecule has 92 valence electrons. The number of aromatic amines is 1. The van der Waals surface area contributed by atoms with Gasteiger partial charge in [0.05, 0.1) is 22.9 Å². The molecule has 0 aliphatic carbocycles. The Morgan fingerprint density at radius 2 is 1.74 bits per heavy atom. The fourth-order valence-corrected chi connectivity index (χ4v) is 2.55. The number of aromatic nitrogens is 3. The fraction of sp³-hybridized carbons (Fsp3) is 0. The van der Waals surface area contributed by atoms with Crippen molar-refractivity contribution >= 4 is 33.5 Å². The molecule has 4 heteroatoms. The van der Waals surface area contributed by atoms with Crippen LogP contribution in [0.5, 0.6) is 0 Å². The van der Waals surface area contributed by atoms with Gasteiger partial charge in [-0.2, -0.15) is 5.10 Å². The van der Waals surface area contributed by atoms with Crippen LogP contribution in [-0.4, -0.2) is 14.8 Å². The van der Waals surface area contributed by atoms with E-state index in [1.165, 1.54) is 5.39 Å². The van der Waals surface area contributed by atoms with E-state index in [4.69, 9.17) is 11.6 Å². The van der Waals surface area contributed by atoms with Crippen LogP contribution in [0.1, 0.15) is 0 Å². The Morgan fingerprint density at radius 3 is 2.58 bits per heavy atom. The molecule has 0 radical (unpaired) electrons. The summed E-state index contributed by atoms with van der Waals surface area (Å²) in [5, 5.41) is 6.35. The van der Waals surface area contributed by atoms with Gasteiger partial charge in [0.2, 0.25) is 0 Å². The highest BCUT2D eigenvalue weighted by Crippen LogP contribution is 2.27. The van der Waals surface area contributed by atoms with Crippen LogP contribution in [0.2, 0.25) is 5.02 Å². The average molecular weight is 268 g/mol. The molecule has 0 spiro atoms. The maximum Gasteiger partial charge on any atom is 0.0997 e. The van der Waals surface area contributed by atoms with Crippen molar-refractivity contribution in [3.05, 3.63) is 59.8 Å². The third kappa shape index (κ3) is 1.55. The minimum atomic E-state index is 0.728. The predicted octanol–water partition coefficient (Wildman–Crippen LogP) is 4.16. The first kappa shape index (κ1) is 10.6. The SMILES string of the molecule is Clc1ccc(-n2ncc3[nH]c4ccccc4c32)cc1. The lowest BCUT2D eigenvalue weighted by molar-refractivity contribution is 0.913. The van der Waals surface area contributed by atoms with Crippen molar-refractivity contribution in [2.24, 2.45) is 0 Å². The van der Waals surface area contributed by atoms with Crippen molar-refractivity contribution in [1.29, 1.82) is 0 Å². The molecule has 2 aromatic heterocycles. The summed E-state index contributed by atoms with van der Waals surface area (Å²) in [6.45, 7) is 0. The number of halogens is 1. The van der Waals surface area contributed by atoms with Gasteiger partial charge in [-0.3, -0.25) is 0 Å². The number of hydrogen-bond acceptors (Lipinski definition) is 1. The van der Waals surface area contributed by atoms with Gasteiger partial charge in [0, 0.05) is 15.9 Å². The molecule has 19 heavy (non-hydrogen) atoms. The van der Waals surface area contributed by atoms with E-state index in [9.17, 15) is 0 Å². The van der Waals surface area contributed by atoms with Crippen molar-refractivity contribution in [3.63, 3.8) is 0 Å². The average Bonchev–Trinajstić information content (AvgIpc) is 2.98. The Balaban J connectivity index is 2.06. The van der Waals surface area contributed by atoms with Gasteiger partial charge in [-0.1, -0.05) is 29.8 Å². The number of benzene rings is 2. The number of H-pyrrole nitrogens is 1. The van der Waals surface area contributed by atoms with E-state index in [1.54, 1.807) is 0 Å². The van der Waals surface area contributed by atoms with Gasteiger partial charge in [0.25, 0.3) is 0 Å². The van der Waals surface area contributed by atoms with Crippen LogP contribution in [0.3, 0.4) is 0 Å². The van der Waals surface area contributed by atoms with Crippen molar-refractivity contribution < 1.29 is 0 Å². The topological polar surface area (TPSA) is 33.6 Å². The zero-order valence-electron chi connectivity index (χ0n) is 9.97. The highest BCUT2D eigenvalue weighted by atomic mass is 35.5. The van der Waals surface area contributed by atoms with E-state index < -0.39 is 0 Å². The summed E-state index contributed by atoms with van der Waals surface area (Å²) >= 11 is 5.93. The highest BCUT2D eigenvalue weighted by Gasteiger charge is 2.10. The second kappa shape index (κ2) is 3.87. The van der Waals surface area contributed by atoms with Crippen molar-refractivity contribution in [2.45, 2.75) is 0 Å². The largest absolute Gasteiger partial charge is 0.352 e. The standard InChI is InChI=1S/C15H10ClN3/c16-10-5-7-11(8-6-10)19-15-12-3-1-2-4-13(12)18-14(15)9-17-19/h1-9,18H. The molecule has 0 saturated heterocycles. The van der Waals surface area contributed by atoms with Crippen LogP contribution in [0.25, 0.3) is 27.6 Å². The first-order valence-electron chi connectivity index (χ1n) is 6.03. The molecule has 0 aliphatic heterocycles. The second-order valence-electron chi connectivity index (χ2n) is 4.47. The lowest BCUT2D eigenvalue weighted by Gasteiger charge is -2.02. The number of fused-ring (bicyclic) bond motifs is 3.